The molecule has 0 saturated carbocycles. The first kappa shape index (κ1) is 13.9. The van der Waals surface area contributed by atoms with Crippen molar-refractivity contribution in [2.24, 2.45) is 0 Å². The van der Waals surface area contributed by atoms with Crippen molar-refractivity contribution < 1.29 is 4.79 Å². The van der Waals surface area contributed by atoms with Gasteiger partial charge in [-0.3, -0.25) is 9.69 Å². The zero-order valence-electron chi connectivity index (χ0n) is 9.92. The Balaban J connectivity index is 3.86. The Morgan fingerprint density at radius 1 is 1.47 bits per heavy atom. The maximum Gasteiger partial charge on any atom is 0.221 e. The van der Waals surface area contributed by atoms with E-state index in [1.165, 1.54) is 0 Å². The number of amides is 1. The van der Waals surface area contributed by atoms with E-state index in [9.17, 15) is 4.79 Å². The number of rotatable bonds is 7. The average molecular weight is 211 g/mol. The smallest absolute Gasteiger partial charge is 0.221 e. The second kappa shape index (κ2) is 8.25. The molecule has 0 aromatic carbocycles. The molecule has 0 rings (SSSR count). The molecule has 0 atom stereocenters. The molecule has 4 nitrogen and oxygen atoms in total. The lowest BCUT2D eigenvalue weighted by Crippen LogP contribution is -2.35. The maximum absolute atomic E-state index is 11.2. The quantitative estimate of drug-likeness (QED) is 0.687. The van der Waals surface area contributed by atoms with Crippen molar-refractivity contribution in [3.8, 4) is 6.07 Å². The topological polar surface area (TPSA) is 56.1 Å². The van der Waals surface area contributed by atoms with Crippen LogP contribution in [0, 0.1) is 11.3 Å². The summed E-state index contributed by atoms with van der Waals surface area (Å²) < 4.78 is 0. The molecular weight excluding hydrogens is 190 g/mol. The van der Waals surface area contributed by atoms with Crippen molar-refractivity contribution in [3.63, 3.8) is 0 Å². The zero-order valence-corrected chi connectivity index (χ0v) is 9.92. The molecule has 0 saturated heterocycles. The van der Waals surface area contributed by atoms with Gasteiger partial charge in [0.2, 0.25) is 5.91 Å². The van der Waals surface area contributed by atoms with Crippen molar-refractivity contribution in [1.82, 2.24) is 10.2 Å². The zero-order chi connectivity index (χ0) is 11.7. The third kappa shape index (κ3) is 6.92. The number of hydrogen-bond donors (Lipinski definition) is 1. The molecule has 0 aliphatic heterocycles. The van der Waals surface area contributed by atoms with Gasteiger partial charge in [0, 0.05) is 38.5 Å². The first-order valence-electron chi connectivity index (χ1n) is 5.49. The minimum atomic E-state index is 0.0834. The van der Waals surface area contributed by atoms with Gasteiger partial charge in [-0.15, -0.1) is 0 Å². The van der Waals surface area contributed by atoms with Crippen molar-refractivity contribution in [2.75, 3.05) is 19.6 Å². The van der Waals surface area contributed by atoms with E-state index in [4.69, 9.17) is 5.26 Å². The molecule has 0 bridgehead atoms. The highest BCUT2D eigenvalue weighted by Crippen LogP contribution is 2.00. The van der Waals surface area contributed by atoms with Crippen molar-refractivity contribution in [1.29, 1.82) is 5.26 Å². The van der Waals surface area contributed by atoms with Crippen molar-refractivity contribution in [3.05, 3.63) is 0 Å². The number of carbonyl (C=O) groups is 1. The van der Waals surface area contributed by atoms with Gasteiger partial charge in [0.15, 0.2) is 0 Å². The van der Waals surface area contributed by atoms with Gasteiger partial charge in [0.1, 0.15) is 0 Å². The number of nitrogens with zero attached hydrogens (tertiary/aromatic N) is 2. The summed E-state index contributed by atoms with van der Waals surface area (Å²) in [5, 5.41) is 11.3. The summed E-state index contributed by atoms with van der Waals surface area (Å²) >= 11 is 0. The summed E-state index contributed by atoms with van der Waals surface area (Å²) in [4.78, 5) is 13.4. The van der Waals surface area contributed by atoms with Crippen molar-refractivity contribution >= 4 is 5.91 Å². The van der Waals surface area contributed by atoms with E-state index in [0.717, 1.165) is 13.1 Å². The molecule has 0 aliphatic carbocycles. The summed E-state index contributed by atoms with van der Waals surface area (Å²) in [5.41, 5.74) is 0. The maximum atomic E-state index is 11.2. The predicted molar refractivity (Wildman–Crippen MR) is 60.2 cm³/mol. The third-order valence-corrected chi connectivity index (χ3v) is 2.24. The van der Waals surface area contributed by atoms with Crippen molar-refractivity contribution in [2.45, 2.75) is 39.7 Å². The summed E-state index contributed by atoms with van der Waals surface area (Å²) in [6.45, 7) is 8.22. The third-order valence-electron chi connectivity index (χ3n) is 2.24. The Bertz CT molecular complexity index is 220. The molecule has 86 valence electrons. The van der Waals surface area contributed by atoms with Gasteiger partial charge in [0.25, 0.3) is 0 Å². The van der Waals surface area contributed by atoms with Gasteiger partial charge in [0.05, 0.1) is 6.07 Å². The fourth-order valence-electron chi connectivity index (χ4n) is 1.35. The molecule has 1 amide bonds. The van der Waals surface area contributed by atoms with Gasteiger partial charge < -0.3 is 5.32 Å². The molecule has 0 fully saturated rings. The van der Waals surface area contributed by atoms with Gasteiger partial charge >= 0.3 is 0 Å². The fourth-order valence-corrected chi connectivity index (χ4v) is 1.35. The first-order chi connectivity index (χ1) is 7.11. The van der Waals surface area contributed by atoms with Crippen LogP contribution < -0.4 is 5.32 Å². The SMILES string of the molecule is CCNC(=O)CCN(CCC#N)C(C)C. The number of nitrogens with one attached hydrogen (secondary N) is 1. The minimum Gasteiger partial charge on any atom is -0.356 e. The van der Waals surface area contributed by atoms with Crippen LogP contribution in [0.4, 0.5) is 0 Å². The standard InChI is InChI=1S/C11H21N3O/c1-4-13-11(15)6-9-14(10(2)3)8-5-7-12/h10H,4-6,8-9H2,1-3H3,(H,13,15). The van der Waals surface area contributed by atoms with Gasteiger partial charge in [-0.25, -0.2) is 0 Å². The fraction of sp³-hybridized carbons (Fsp3) is 0.818. The predicted octanol–water partition coefficient (Wildman–Crippen LogP) is 1.14. The lowest BCUT2D eigenvalue weighted by Gasteiger charge is -2.24. The first-order valence-corrected chi connectivity index (χ1v) is 5.49. The number of nitriles is 1. The molecule has 4 heteroatoms. The van der Waals surface area contributed by atoms with E-state index in [1.54, 1.807) is 0 Å². The molecule has 0 aliphatic rings. The Hall–Kier alpha value is -1.08. The van der Waals surface area contributed by atoms with Crippen LogP contribution in [0.2, 0.25) is 0 Å². The van der Waals surface area contributed by atoms with Crippen LogP contribution in [0.5, 0.6) is 0 Å². The number of hydrogen-bond acceptors (Lipinski definition) is 3. The summed E-state index contributed by atoms with van der Waals surface area (Å²) in [6, 6.07) is 2.51. The summed E-state index contributed by atoms with van der Waals surface area (Å²) in [6.07, 6.45) is 1.03. The number of carbonyl (C=O) groups excluding carboxylic acids is 1. The van der Waals surface area contributed by atoms with E-state index < -0.39 is 0 Å². The monoisotopic (exact) mass is 211 g/mol. The van der Waals surface area contributed by atoms with E-state index in [0.29, 0.717) is 25.4 Å². The van der Waals surface area contributed by atoms with Crippen LogP contribution in [-0.4, -0.2) is 36.5 Å². The van der Waals surface area contributed by atoms with Gasteiger partial charge in [-0.2, -0.15) is 5.26 Å². The van der Waals surface area contributed by atoms with E-state index in [1.807, 2.05) is 6.92 Å². The molecule has 0 aromatic rings. The van der Waals surface area contributed by atoms with Crippen LogP contribution >= 0.6 is 0 Å². The average Bonchev–Trinajstić information content (AvgIpc) is 2.17. The van der Waals surface area contributed by atoms with Gasteiger partial charge in [-0.1, -0.05) is 0 Å². The Morgan fingerprint density at radius 2 is 2.13 bits per heavy atom. The molecular formula is C11H21N3O. The summed E-state index contributed by atoms with van der Waals surface area (Å²) in [5.74, 6) is 0.0834. The molecule has 15 heavy (non-hydrogen) atoms. The molecule has 1 N–H and O–H groups in total. The molecule has 0 heterocycles. The van der Waals surface area contributed by atoms with Gasteiger partial charge in [-0.05, 0) is 20.8 Å². The van der Waals surface area contributed by atoms with Crippen LogP contribution in [0.25, 0.3) is 0 Å². The summed E-state index contributed by atoms with van der Waals surface area (Å²) in [7, 11) is 0. The highest BCUT2D eigenvalue weighted by molar-refractivity contribution is 5.75. The minimum absolute atomic E-state index is 0.0834. The molecule has 0 spiro atoms. The lowest BCUT2D eigenvalue weighted by atomic mass is 10.2. The van der Waals surface area contributed by atoms with E-state index in [2.05, 4.69) is 30.1 Å². The van der Waals surface area contributed by atoms with Crippen LogP contribution in [0.15, 0.2) is 0 Å². The van der Waals surface area contributed by atoms with E-state index >= 15 is 0 Å². The van der Waals surface area contributed by atoms with Crippen LogP contribution in [0.3, 0.4) is 0 Å². The Kier molecular flexibility index (Phi) is 7.65. The van der Waals surface area contributed by atoms with Crippen LogP contribution in [0.1, 0.15) is 33.6 Å². The molecule has 0 aromatic heterocycles. The largest absolute Gasteiger partial charge is 0.356 e. The Labute approximate surface area is 92.3 Å². The second-order valence-electron chi connectivity index (χ2n) is 3.74. The Morgan fingerprint density at radius 3 is 2.60 bits per heavy atom. The van der Waals surface area contributed by atoms with E-state index in [-0.39, 0.29) is 5.91 Å². The normalized spacial score (nSPS) is 10.4. The van der Waals surface area contributed by atoms with Crippen LogP contribution in [-0.2, 0) is 4.79 Å². The lowest BCUT2D eigenvalue weighted by molar-refractivity contribution is -0.121. The highest BCUT2D eigenvalue weighted by atomic mass is 16.1. The highest BCUT2D eigenvalue weighted by Gasteiger charge is 2.10. The second-order valence-corrected chi connectivity index (χ2v) is 3.74. The molecule has 0 radical (unpaired) electrons. The molecule has 0 unspecified atom stereocenters.